The van der Waals surface area contributed by atoms with Crippen LogP contribution in [0.3, 0.4) is 0 Å². The topological polar surface area (TPSA) is 68.0 Å². The summed E-state index contributed by atoms with van der Waals surface area (Å²) in [6.45, 7) is 2.08. The second-order valence-electron chi connectivity index (χ2n) is 5.08. The van der Waals surface area contributed by atoms with Crippen LogP contribution in [0.15, 0.2) is 48.5 Å². The fourth-order valence-electron chi connectivity index (χ4n) is 2.44. The van der Waals surface area contributed by atoms with Crippen molar-refractivity contribution < 1.29 is 9.90 Å². The summed E-state index contributed by atoms with van der Waals surface area (Å²) in [4.78, 5) is 11.0. The summed E-state index contributed by atoms with van der Waals surface area (Å²) in [7, 11) is 0. The third kappa shape index (κ3) is 2.63. The van der Waals surface area contributed by atoms with Gasteiger partial charge in [-0.3, -0.25) is 0 Å². The number of carboxylic acid groups (broad SMARTS) is 1. The van der Waals surface area contributed by atoms with Crippen molar-refractivity contribution in [3.05, 3.63) is 59.7 Å². The largest absolute Gasteiger partial charge is 0.478 e. The van der Waals surface area contributed by atoms with Gasteiger partial charge < -0.3 is 5.11 Å². The van der Waals surface area contributed by atoms with E-state index in [4.69, 9.17) is 5.11 Å². The van der Waals surface area contributed by atoms with Crippen molar-refractivity contribution >= 4 is 17.0 Å². The van der Waals surface area contributed by atoms with Gasteiger partial charge in [-0.15, -0.1) is 5.10 Å². The minimum Gasteiger partial charge on any atom is -0.478 e. The third-order valence-corrected chi connectivity index (χ3v) is 3.51. The molecule has 3 rings (SSSR count). The summed E-state index contributed by atoms with van der Waals surface area (Å²) in [5.41, 5.74) is 2.92. The number of benzene rings is 2. The average Bonchev–Trinajstić information content (AvgIpc) is 2.91. The second-order valence-corrected chi connectivity index (χ2v) is 5.08. The lowest BCUT2D eigenvalue weighted by Gasteiger charge is -2.12. The number of aromatic nitrogens is 3. The minimum absolute atomic E-state index is 0.146. The van der Waals surface area contributed by atoms with Crippen LogP contribution < -0.4 is 0 Å². The molecule has 21 heavy (non-hydrogen) atoms. The van der Waals surface area contributed by atoms with E-state index in [0.29, 0.717) is 5.52 Å². The summed E-state index contributed by atoms with van der Waals surface area (Å²) in [5.74, 6) is -0.955. The highest BCUT2D eigenvalue weighted by molar-refractivity contribution is 5.92. The summed E-state index contributed by atoms with van der Waals surface area (Å²) in [6.07, 6.45) is 0.847. The summed E-state index contributed by atoms with van der Waals surface area (Å²) in [5, 5.41) is 17.2. The maximum Gasteiger partial charge on any atom is 0.335 e. The van der Waals surface area contributed by atoms with Gasteiger partial charge in [-0.2, -0.15) is 0 Å². The predicted molar refractivity (Wildman–Crippen MR) is 79.3 cm³/mol. The number of fused-ring (bicyclic) bond motifs is 1. The van der Waals surface area contributed by atoms with Gasteiger partial charge in [0.2, 0.25) is 0 Å². The molecule has 1 atom stereocenters. The minimum atomic E-state index is -0.955. The summed E-state index contributed by atoms with van der Waals surface area (Å²) >= 11 is 0. The van der Waals surface area contributed by atoms with Crippen molar-refractivity contribution in [1.29, 1.82) is 0 Å². The van der Waals surface area contributed by atoms with E-state index in [-0.39, 0.29) is 11.6 Å². The zero-order valence-corrected chi connectivity index (χ0v) is 11.6. The Labute approximate surface area is 121 Å². The molecule has 0 bridgehead atoms. The smallest absolute Gasteiger partial charge is 0.335 e. The van der Waals surface area contributed by atoms with Crippen LogP contribution in [0.25, 0.3) is 11.0 Å². The molecule has 0 aliphatic rings. The maximum absolute atomic E-state index is 11.0. The molecule has 0 saturated carbocycles. The van der Waals surface area contributed by atoms with Gasteiger partial charge in [0.05, 0.1) is 17.1 Å². The molecule has 0 spiro atoms. The molecule has 3 aromatic rings. The number of aromatic carboxylic acids is 1. The Balaban J connectivity index is 1.92. The first-order chi connectivity index (χ1) is 10.1. The van der Waals surface area contributed by atoms with E-state index in [0.717, 1.165) is 11.9 Å². The Morgan fingerprint density at radius 3 is 2.71 bits per heavy atom. The van der Waals surface area contributed by atoms with Crippen LogP contribution in [0.5, 0.6) is 0 Å². The van der Waals surface area contributed by atoms with Crippen LogP contribution in [0.1, 0.15) is 28.9 Å². The number of carbonyl (C=O) groups is 1. The van der Waals surface area contributed by atoms with Crippen LogP contribution in [0.2, 0.25) is 0 Å². The van der Waals surface area contributed by atoms with Crippen LogP contribution in [-0.2, 0) is 6.42 Å². The first-order valence-corrected chi connectivity index (χ1v) is 6.77. The van der Waals surface area contributed by atoms with E-state index in [1.807, 2.05) is 22.9 Å². The highest BCUT2D eigenvalue weighted by Gasteiger charge is 2.13. The average molecular weight is 281 g/mol. The van der Waals surface area contributed by atoms with Crippen LogP contribution in [0.4, 0.5) is 0 Å². The Morgan fingerprint density at radius 2 is 2.00 bits per heavy atom. The number of hydrogen-bond donors (Lipinski definition) is 1. The lowest BCUT2D eigenvalue weighted by Crippen LogP contribution is -2.10. The van der Waals surface area contributed by atoms with Gasteiger partial charge in [-0.05, 0) is 37.1 Å². The van der Waals surface area contributed by atoms with Crippen molar-refractivity contribution in [1.82, 2.24) is 15.0 Å². The van der Waals surface area contributed by atoms with Crippen molar-refractivity contribution in [2.45, 2.75) is 19.4 Å². The molecule has 1 N–H and O–H groups in total. The highest BCUT2D eigenvalue weighted by atomic mass is 16.4. The van der Waals surface area contributed by atoms with E-state index in [2.05, 4.69) is 29.4 Å². The Bertz CT molecular complexity index is 781. The molecular weight excluding hydrogens is 266 g/mol. The maximum atomic E-state index is 11.0. The third-order valence-electron chi connectivity index (χ3n) is 3.51. The second kappa shape index (κ2) is 5.36. The van der Waals surface area contributed by atoms with E-state index in [1.165, 1.54) is 5.56 Å². The van der Waals surface area contributed by atoms with Crippen LogP contribution in [0, 0.1) is 0 Å². The zero-order valence-electron chi connectivity index (χ0n) is 11.6. The van der Waals surface area contributed by atoms with Crippen molar-refractivity contribution in [2.75, 3.05) is 0 Å². The van der Waals surface area contributed by atoms with Crippen molar-refractivity contribution in [3.8, 4) is 0 Å². The molecule has 0 saturated heterocycles. The number of rotatable bonds is 4. The first kappa shape index (κ1) is 13.3. The number of nitrogens with zero attached hydrogens (tertiary/aromatic N) is 3. The fraction of sp³-hybridized carbons (Fsp3) is 0.188. The van der Waals surface area contributed by atoms with Crippen LogP contribution in [-0.4, -0.2) is 26.1 Å². The van der Waals surface area contributed by atoms with Gasteiger partial charge >= 0.3 is 5.97 Å². The van der Waals surface area contributed by atoms with E-state index in [9.17, 15) is 4.79 Å². The molecule has 2 aromatic carbocycles. The van der Waals surface area contributed by atoms with Crippen molar-refractivity contribution in [2.24, 2.45) is 0 Å². The fourth-order valence-corrected chi connectivity index (χ4v) is 2.44. The van der Waals surface area contributed by atoms with Gasteiger partial charge in [-0.25, -0.2) is 9.48 Å². The number of carboxylic acids is 1. The highest BCUT2D eigenvalue weighted by Crippen LogP contribution is 2.20. The molecule has 1 unspecified atom stereocenters. The summed E-state index contributed by atoms with van der Waals surface area (Å²) < 4.78 is 1.84. The van der Waals surface area contributed by atoms with E-state index in [1.54, 1.807) is 18.2 Å². The molecule has 0 fully saturated rings. The first-order valence-electron chi connectivity index (χ1n) is 6.77. The zero-order chi connectivity index (χ0) is 14.8. The molecule has 0 aliphatic heterocycles. The molecule has 0 amide bonds. The van der Waals surface area contributed by atoms with Crippen LogP contribution >= 0.6 is 0 Å². The van der Waals surface area contributed by atoms with E-state index < -0.39 is 5.97 Å². The Morgan fingerprint density at radius 1 is 1.24 bits per heavy atom. The van der Waals surface area contributed by atoms with Gasteiger partial charge in [0, 0.05) is 0 Å². The summed E-state index contributed by atoms with van der Waals surface area (Å²) in [6, 6.07) is 15.2. The predicted octanol–water partition coefficient (Wildman–Crippen LogP) is 2.93. The molecule has 5 heteroatoms. The molecule has 1 aromatic heterocycles. The van der Waals surface area contributed by atoms with Gasteiger partial charge in [0.15, 0.2) is 0 Å². The van der Waals surface area contributed by atoms with Gasteiger partial charge in [-0.1, -0.05) is 35.5 Å². The lowest BCUT2D eigenvalue weighted by atomic mass is 10.1. The van der Waals surface area contributed by atoms with Gasteiger partial charge in [0.25, 0.3) is 0 Å². The van der Waals surface area contributed by atoms with Crippen molar-refractivity contribution in [3.63, 3.8) is 0 Å². The molecule has 1 heterocycles. The molecule has 5 nitrogen and oxygen atoms in total. The molecule has 0 radical (unpaired) electrons. The molecule has 106 valence electrons. The molecular formula is C16H15N3O2. The quantitative estimate of drug-likeness (QED) is 0.798. The normalized spacial score (nSPS) is 12.4. The number of hydrogen-bond acceptors (Lipinski definition) is 3. The monoisotopic (exact) mass is 281 g/mol. The Hall–Kier alpha value is -2.69. The van der Waals surface area contributed by atoms with E-state index >= 15 is 0 Å². The molecule has 0 aliphatic carbocycles. The standard InChI is InChI=1S/C16H15N3O2/c1-11(9-12-5-3-2-4-6-12)19-15-8-7-13(16(20)21)10-14(15)17-18-19/h2-8,10-11H,9H2,1H3,(H,20,21). The Kier molecular flexibility index (Phi) is 3.39. The SMILES string of the molecule is CC(Cc1ccccc1)n1nnc2cc(C(=O)O)ccc21. The lowest BCUT2D eigenvalue weighted by molar-refractivity contribution is 0.0697. The van der Waals surface area contributed by atoms with Gasteiger partial charge in [0.1, 0.15) is 5.52 Å².